The van der Waals surface area contributed by atoms with E-state index in [2.05, 4.69) is 60.7 Å². The average Bonchev–Trinajstić information content (AvgIpc) is 2.45. The van der Waals surface area contributed by atoms with E-state index in [0.717, 1.165) is 0 Å². The third kappa shape index (κ3) is 7.16. The van der Waals surface area contributed by atoms with Crippen molar-refractivity contribution < 1.29 is 21.2 Å². The first-order valence-corrected chi connectivity index (χ1v) is 8.36. The summed E-state index contributed by atoms with van der Waals surface area (Å²) < 4.78 is 2.96. The van der Waals surface area contributed by atoms with Gasteiger partial charge >= 0.3 is 89.0 Å². The molecule has 0 nitrogen and oxygen atoms in total. The van der Waals surface area contributed by atoms with Gasteiger partial charge in [0.25, 0.3) is 0 Å². The Morgan fingerprint density at radius 2 is 0.824 bits per heavy atom. The zero-order chi connectivity index (χ0) is 12.9. The Morgan fingerprint density at radius 1 is 0.529 bits per heavy atom. The maximum absolute atomic E-state index is 2.21. The van der Waals surface area contributed by atoms with Gasteiger partial charge in [0.05, 0.1) is 0 Å². The molecule has 17 heavy (non-hydrogen) atoms. The Labute approximate surface area is 116 Å². The fraction of sp³-hybridized carbons (Fsp3) is 0.250. The molecule has 0 aromatic heterocycles. The first-order chi connectivity index (χ1) is 8.45. The van der Waals surface area contributed by atoms with E-state index in [-0.39, 0.29) is 21.2 Å². The van der Waals surface area contributed by atoms with E-state index >= 15 is 0 Å². The van der Waals surface area contributed by atoms with Crippen LogP contribution in [-0.2, 0) is 0 Å². The fourth-order valence-corrected chi connectivity index (χ4v) is 3.35. The van der Waals surface area contributed by atoms with Gasteiger partial charge in [-0.2, -0.15) is 0 Å². The molecule has 0 N–H and O–H groups in total. The molecule has 2 rings (SSSR count). The SMILES string of the molecule is CC.CC.c1ccc([I-]c2ccccc2)cc1. The van der Waals surface area contributed by atoms with Gasteiger partial charge in [0.1, 0.15) is 0 Å². The van der Waals surface area contributed by atoms with Crippen LogP contribution in [0.1, 0.15) is 27.7 Å². The summed E-state index contributed by atoms with van der Waals surface area (Å²) in [5, 5.41) is 0. The molecule has 1 heteroatoms. The molecule has 0 fully saturated rings. The molecule has 0 aliphatic carbocycles. The second-order valence-corrected chi connectivity index (χ2v) is 5.72. The number of halogens is 1. The molecule has 0 heterocycles. The van der Waals surface area contributed by atoms with Crippen molar-refractivity contribution in [1.82, 2.24) is 0 Å². The van der Waals surface area contributed by atoms with E-state index in [1.54, 1.807) is 0 Å². The molecule has 0 unspecified atom stereocenters. The molecule has 0 radical (unpaired) electrons. The van der Waals surface area contributed by atoms with E-state index < -0.39 is 0 Å². The van der Waals surface area contributed by atoms with E-state index in [1.807, 2.05) is 27.7 Å². The van der Waals surface area contributed by atoms with Gasteiger partial charge in [-0.3, -0.25) is 0 Å². The summed E-state index contributed by atoms with van der Waals surface area (Å²) in [4.78, 5) is 0. The third-order valence-corrected chi connectivity index (χ3v) is 4.37. The topological polar surface area (TPSA) is 0 Å². The van der Waals surface area contributed by atoms with Crippen LogP contribution in [0, 0.1) is 7.14 Å². The maximum atomic E-state index is 2.21. The zero-order valence-corrected chi connectivity index (χ0v) is 13.3. The van der Waals surface area contributed by atoms with Gasteiger partial charge in [-0.25, -0.2) is 0 Å². The summed E-state index contributed by atoms with van der Waals surface area (Å²) in [5.74, 6) is 0. The van der Waals surface area contributed by atoms with E-state index in [1.165, 1.54) is 7.14 Å². The van der Waals surface area contributed by atoms with Crippen molar-refractivity contribution in [2.24, 2.45) is 0 Å². The second kappa shape index (κ2) is 11.6. The predicted octanol–water partition coefficient (Wildman–Crippen LogP) is 1.87. The number of hydrogen-bond acceptors (Lipinski definition) is 0. The van der Waals surface area contributed by atoms with E-state index in [4.69, 9.17) is 0 Å². The van der Waals surface area contributed by atoms with Gasteiger partial charge in [-0.1, -0.05) is 27.7 Å². The molecule has 0 saturated heterocycles. The first-order valence-electron chi connectivity index (χ1n) is 6.20. The summed E-state index contributed by atoms with van der Waals surface area (Å²) in [6.45, 7) is 8.00. The van der Waals surface area contributed by atoms with Crippen molar-refractivity contribution in [2.75, 3.05) is 0 Å². The normalized spacial score (nSPS) is 8.47. The molecule has 2 aromatic rings. The summed E-state index contributed by atoms with van der Waals surface area (Å²) in [7, 11) is 0. The van der Waals surface area contributed by atoms with Crippen LogP contribution >= 0.6 is 0 Å². The Bertz CT molecular complexity index is 316. The number of hydrogen-bond donors (Lipinski definition) is 0. The molecule has 0 spiro atoms. The minimum atomic E-state index is 0.0287. The molecule has 0 amide bonds. The van der Waals surface area contributed by atoms with Crippen molar-refractivity contribution in [3.63, 3.8) is 0 Å². The summed E-state index contributed by atoms with van der Waals surface area (Å²) in [6, 6.07) is 21.4. The molecule has 0 aliphatic rings. The third-order valence-electron chi connectivity index (χ3n) is 1.68. The summed E-state index contributed by atoms with van der Waals surface area (Å²) in [5.41, 5.74) is 0. The fourth-order valence-electron chi connectivity index (χ4n) is 1.08. The number of rotatable bonds is 2. The van der Waals surface area contributed by atoms with Crippen molar-refractivity contribution in [3.05, 3.63) is 67.8 Å². The Balaban J connectivity index is 0.000000581. The standard InChI is InChI=1S/C12H10I.2C2H6/c1-3-7-11(8-4-1)13-12-9-5-2-6-10-12;2*1-2/h1-10H;2*1-2H3/q-1;;. The van der Waals surface area contributed by atoms with Gasteiger partial charge < -0.3 is 0 Å². The first kappa shape index (κ1) is 16.2. The molecule has 0 bridgehead atoms. The van der Waals surface area contributed by atoms with Gasteiger partial charge in [-0.15, -0.1) is 0 Å². The molecule has 2 aromatic carbocycles. The number of benzene rings is 2. The van der Waals surface area contributed by atoms with Crippen molar-refractivity contribution >= 4 is 0 Å². The van der Waals surface area contributed by atoms with Crippen molar-refractivity contribution in [2.45, 2.75) is 27.7 Å². The second-order valence-electron chi connectivity index (χ2n) is 2.69. The molecule has 94 valence electrons. The van der Waals surface area contributed by atoms with Crippen LogP contribution in [0.5, 0.6) is 0 Å². The van der Waals surface area contributed by atoms with Gasteiger partial charge in [0.2, 0.25) is 0 Å². The molecule has 0 saturated carbocycles. The zero-order valence-electron chi connectivity index (χ0n) is 11.2. The van der Waals surface area contributed by atoms with Crippen LogP contribution in [0.15, 0.2) is 60.7 Å². The average molecular weight is 341 g/mol. The molecular weight excluding hydrogens is 319 g/mol. The van der Waals surface area contributed by atoms with Crippen LogP contribution < -0.4 is 21.2 Å². The van der Waals surface area contributed by atoms with Gasteiger partial charge in [0, 0.05) is 0 Å². The van der Waals surface area contributed by atoms with Crippen LogP contribution in [0.3, 0.4) is 0 Å². The van der Waals surface area contributed by atoms with E-state index in [0.29, 0.717) is 0 Å². The predicted molar refractivity (Wildman–Crippen MR) is 73.0 cm³/mol. The van der Waals surface area contributed by atoms with E-state index in [9.17, 15) is 0 Å². The van der Waals surface area contributed by atoms with Crippen molar-refractivity contribution in [3.8, 4) is 0 Å². The molecule has 0 atom stereocenters. The Hall–Kier alpha value is -0.830. The van der Waals surface area contributed by atoms with Gasteiger partial charge in [-0.05, 0) is 0 Å². The monoisotopic (exact) mass is 341 g/mol. The van der Waals surface area contributed by atoms with Crippen LogP contribution in [0.25, 0.3) is 0 Å². The van der Waals surface area contributed by atoms with Crippen LogP contribution in [0.4, 0.5) is 0 Å². The molecular formula is C16H22I-. The summed E-state index contributed by atoms with van der Waals surface area (Å²) >= 11 is 0.0287. The quantitative estimate of drug-likeness (QED) is 0.732. The van der Waals surface area contributed by atoms with Crippen LogP contribution in [-0.4, -0.2) is 0 Å². The van der Waals surface area contributed by atoms with Crippen molar-refractivity contribution in [1.29, 1.82) is 0 Å². The van der Waals surface area contributed by atoms with Crippen LogP contribution in [0.2, 0.25) is 0 Å². The Morgan fingerprint density at radius 3 is 1.12 bits per heavy atom. The van der Waals surface area contributed by atoms with Gasteiger partial charge in [0.15, 0.2) is 0 Å². The Kier molecular flexibility index (Phi) is 11.1. The minimum absolute atomic E-state index is 0.0287. The molecule has 0 aliphatic heterocycles. The summed E-state index contributed by atoms with van der Waals surface area (Å²) in [6.07, 6.45) is 0.